The first-order chi connectivity index (χ1) is 12.0. The monoisotopic (exact) mass is 348 g/mol. The van der Waals surface area contributed by atoms with Crippen molar-refractivity contribution in [3.63, 3.8) is 0 Å². The number of amides is 1. The molecule has 0 saturated carbocycles. The van der Waals surface area contributed by atoms with E-state index < -0.39 is 0 Å². The maximum atomic E-state index is 12.3. The van der Waals surface area contributed by atoms with E-state index >= 15 is 0 Å². The molecule has 1 aromatic rings. The fraction of sp³-hybridized carbons (Fsp3) is 0.650. The van der Waals surface area contributed by atoms with Gasteiger partial charge in [-0.3, -0.25) is 9.69 Å². The Hall–Kier alpha value is -1.75. The third-order valence-corrected chi connectivity index (χ3v) is 5.04. The van der Waals surface area contributed by atoms with Gasteiger partial charge in [-0.05, 0) is 70.0 Å². The predicted octanol–water partition coefficient (Wildman–Crippen LogP) is 3.02. The van der Waals surface area contributed by atoms with Gasteiger partial charge in [0.2, 0.25) is 5.91 Å². The lowest BCUT2D eigenvalue weighted by molar-refractivity contribution is -0.121. The van der Waals surface area contributed by atoms with Crippen LogP contribution in [0.15, 0.2) is 18.2 Å². The van der Waals surface area contributed by atoms with Crippen molar-refractivity contribution < 1.29 is 14.3 Å². The summed E-state index contributed by atoms with van der Waals surface area (Å²) in [6.07, 6.45) is 4.91. The zero-order chi connectivity index (χ0) is 18.3. The van der Waals surface area contributed by atoms with Gasteiger partial charge in [-0.2, -0.15) is 0 Å². The van der Waals surface area contributed by atoms with Crippen LogP contribution in [0.5, 0.6) is 11.5 Å². The molecule has 0 radical (unpaired) electrons. The summed E-state index contributed by atoms with van der Waals surface area (Å²) in [5, 5.41) is 3.10. The third kappa shape index (κ3) is 5.63. The second kappa shape index (κ2) is 9.09. The van der Waals surface area contributed by atoms with Crippen molar-refractivity contribution >= 4 is 5.91 Å². The number of nitrogens with one attached hydrogen (secondary N) is 1. The van der Waals surface area contributed by atoms with Gasteiger partial charge in [0.05, 0.1) is 14.2 Å². The summed E-state index contributed by atoms with van der Waals surface area (Å²) in [7, 11) is 3.29. The van der Waals surface area contributed by atoms with E-state index in [0.29, 0.717) is 19.4 Å². The first-order valence-corrected chi connectivity index (χ1v) is 9.19. The zero-order valence-electron chi connectivity index (χ0n) is 16.1. The Morgan fingerprint density at radius 3 is 2.52 bits per heavy atom. The highest BCUT2D eigenvalue weighted by Crippen LogP contribution is 2.25. The van der Waals surface area contributed by atoms with Crippen LogP contribution in [0.3, 0.4) is 0 Å². The van der Waals surface area contributed by atoms with Crippen molar-refractivity contribution in [3.05, 3.63) is 23.8 Å². The second-order valence-corrected chi connectivity index (χ2v) is 7.31. The van der Waals surface area contributed by atoms with Crippen molar-refractivity contribution in [1.82, 2.24) is 10.2 Å². The number of likely N-dealkylation sites (tertiary alicyclic amines) is 1. The number of methoxy groups -OCH3 is 2. The summed E-state index contributed by atoms with van der Waals surface area (Å²) in [4.78, 5) is 14.8. The number of aryl methyl sites for hydroxylation is 1. The summed E-state index contributed by atoms with van der Waals surface area (Å²) < 4.78 is 10.6. The highest BCUT2D eigenvalue weighted by atomic mass is 16.5. The van der Waals surface area contributed by atoms with E-state index in [-0.39, 0.29) is 11.4 Å². The van der Waals surface area contributed by atoms with Gasteiger partial charge in [-0.15, -0.1) is 0 Å². The molecule has 0 aromatic heterocycles. The van der Waals surface area contributed by atoms with Crippen molar-refractivity contribution in [3.8, 4) is 11.5 Å². The molecule has 1 N–H and O–H groups in total. The molecule has 25 heavy (non-hydrogen) atoms. The fourth-order valence-electron chi connectivity index (χ4n) is 3.34. The molecule has 1 aromatic carbocycles. The Balaban J connectivity index is 1.84. The molecule has 1 amide bonds. The van der Waals surface area contributed by atoms with Gasteiger partial charge in [0.25, 0.3) is 0 Å². The molecule has 0 unspecified atom stereocenters. The van der Waals surface area contributed by atoms with Gasteiger partial charge in [-0.1, -0.05) is 6.42 Å². The largest absolute Gasteiger partial charge is 0.497 e. The molecule has 1 saturated heterocycles. The number of piperidine rings is 1. The maximum Gasteiger partial charge on any atom is 0.220 e. The predicted molar refractivity (Wildman–Crippen MR) is 100 cm³/mol. The van der Waals surface area contributed by atoms with Gasteiger partial charge in [0.15, 0.2) is 0 Å². The molecule has 0 aliphatic carbocycles. The minimum absolute atomic E-state index is 0.00371. The van der Waals surface area contributed by atoms with E-state index in [1.165, 1.54) is 19.3 Å². The third-order valence-electron chi connectivity index (χ3n) is 5.04. The normalized spacial score (nSPS) is 15.7. The topological polar surface area (TPSA) is 50.8 Å². The highest BCUT2D eigenvalue weighted by molar-refractivity contribution is 5.76. The number of carbonyl (C=O) groups excluding carboxylic acids is 1. The Kier molecular flexibility index (Phi) is 7.12. The number of hydrogen-bond donors (Lipinski definition) is 1. The van der Waals surface area contributed by atoms with Crippen LogP contribution in [0.1, 0.15) is 45.1 Å². The quantitative estimate of drug-likeness (QED) is 0.785. The Bertz CT molecular complexity index is 566. The van der Waals surface area contributed by atoms with Crippen LogP contribution >= 0.6 is 0 Å². The lowest BCUT2D eigenvalue weighted by atomic mass is 9.98. The molecule has 5 heteroatoms. The molecular weight excluding hydrogens is 316 g/mol. The number of ether oxygens (including phenoxy) is 2. The van der Waals surface area contributed by atoms with Crippen LogP contribution in [-0.2, 0) is 11.2 Å². The van der Waals surface area contributed by atoms with Gasteiger partial charge >= 0.3 is 0 Å². The first kappa shape index (κ1) is 19.6. The van der Waals surface area contributed by atoms with Crippen molar-refractivity contribution in [1.29, 1.82) is 0 Å². The molecule has 1 aliphatic rings. The molecular formula is C20H32N2O3. The van der Waals surface area contributed by atoms with Gasteiger partial charge in [-0.25, -0.2) is 0 Å². The number of nitrogens with zero attached hydrogens (tertiary/aromatic N) is 1. The molecule has 1 aliphatic heterocycles. The Morgan fingerprint density at radius 2 is 1.88 bits per heavy atom. The van der Waals surface area contributed by atoms with Crippen LogP contribution in [0, 0.1) is 0 Å². The van der Waals surface area contributed by atoms with Crippen LogP contribution < -0.4 is 14.8 Å². The van der Waals surface area contributed by atoms with E-state index in [0.717, 1.165) is 30.2 Å². The van der Waals surface area contributed by atoms with Crippen LogP contribution in [0.25, 0.3) is 0 Å². The van der Waals surface area contributed by atoms with E-state index in [4.69, 9.17) is 9.47 Å². The molecule has 5 nitrogen and oxygen atoms in total. The van der Waals surface area contributed by atoms with E-state index in [1.807, 2.05) is 18.2 Å². The lowest BCUT2D eigenvalue weighted by Gasteiger charge is -2.41. The SMILES string of the molecule is COc1ccc(OC)c(CCC(=O)NCC(C)(C)N2CCCCC2)c1. The molecule has 2 rings (SSSR count). The number of hydrogen-bond acceptors (Lipinski definition) is 4. The summed E-state index contributed by atoms with van der Waals surface area (Å²) in [5.74, 6) is 1.65. The molecule has 140 valence electrons. The standard InChI is InChI=1S/C20H32N2O3/c1-20(2,22-12-6-5-7-13-22)15-21-19(23)11-8-16-14-17(24-3)9-10-18(16)25-4/h9-10,14H,5-8,11-13,15H2,1-4H3,(H,21,23). The Morgan fingerprint density at radius 1 is 1.16 bits per heavy atom. The van der Waals surface area contributed by atoms with Crippen LogP contribution in [0.2, 0.25) is 0 Å². The van der Waals surface area contributed by atoms with Gasteiger partial charge in [0.1, 0.15) is 11.5 Å². The lowest BCUT2D eigenvalue weighted by Crippen LogP contribution is -2.53. The zero-order valence-corrected chi connectivity index (χ0v) is 16.1. The Labute approximate surface area is 151 Å². The molecule has 0 bridgehead atoms. The molecule has 1 heterocycles. The summed E-state index contributed by atoms with van der Waals surface area (Å²) >= 11 is 0. The van der Waals surface area contributed by atoms with E-state index in [9.17, 15) is 4.79 Å². The molecule has 0 spiro atoms. The van der Waals surface area contributed by atoms with Crippen molar-refractivity contribution in [2.45, 2.75) is 51.5 Å². The summed E-state index contributed by atoms with van der Waals surface area (Å²) in [5.41, 5.74) is 0.997. The molecule has 0 atom stereocenters. The minimum atomic E-state index is 0.00371. The number of carbonyl (C=O) groups is 1. The first-order valence-electron chi connectivity index (χ1n) is 9.19. The number of rotatable bonds is 8. The second-order valence-electron chi connectivity index (χ2n) is 7.31. The van der Waals surface area contributed by atoms with E-state index in [1.54, 1.807) is 14.2 Å². The average Bonchev–Trinajstić information content (AvgIpc) is 2.65. The molecule has 1 fully saturated rings. The fourth-order valence-corrected chi connectivity index (χ4v) is 3.34. The summed E-state index contributed by atoms with van der Waals surface area (Å²) in [6.45, 7) is 7.36. The van der Waals surface area contributed by atoms with Gasteiger partial charge < -0.3 is 14.8 Å². The van der Waals surface area contributed by atoms with Crippen molar-refractivity contribution in [2.24, 2.45) is 0 Å². The average molecular weight is 348 g/mol. The van der Waals surface area contributed by atoms with Crippen LogP contribution in [0.4, 0.5) is 0 Å². The smallest absolute Gasteiger partial charge is 0.220 e. The van der Waals surface area contributed by atoms with Gasteiger partial charge in [0, 0.05) is 18.5 Å². The highest BCUT2D eigenvalue weighted by Gasteiger charge is 2.28. The maximum absolute atomic E-state index is 12.3. The summed E-state index contributed by atoms with van der Waals surface area (Å²) in [6, 6.07) is 5.68. The van der Waals surface area contributed by atoms with Crippen LogP contribution in [-0.4, -0.2) is 50.2 Å². The van der Waals surface area contributed by atoms with E-state index in [2.05, 4.69) is 24.1 Å². The van der Waals surface area contributed by atoms with Crippen molar-refractivity contribution in [2.75, 3.05) is 33.9 Å². The number of benzene rings is 1. The minimum Gasteiger partial charge on any atom is -0.497 e.